The van der Waals surface area contributed by atoms with Gasteiger partial charge in [-0.2, -0.15) is 0 Å². The highest BCUT2D eigenvalue weighted by Gasteiger charge is 1.92. The minimum atomic E-state index is -2.17. The topological polar surface area (TPSA) is 87.0 Å². The fourth-order valence-electron chi connectivity index (χ4n) is 0.117. The number of rotatable bonds is 1. The average molecular weight is 148 g/mol. The van der Waals surface area contributed by atoms with E-state index in [2.05, 4.69) is 11.3 Å². The predicted octanol–water partition coefficient (Wildman–Crippen LogP) is -1.36. The molecule has 0 atom stereocenters. The fourth-order valence-corrected chi connectivity index (χ4v) is 0.117. The number of hydrogen-bond donors (Lipinski definition) is 3. The van der Waals surface area contributed by atoms with Crippen LogP contribution in [0.4, 0.5) is 0 Å². The van der Waals surface area contributed by atoms with E-state index in [0.717, 1.165) is 6.26 Å². The van der Waals surface area contributed by atoms with Gasteiger partial charge in [-0.3, -0.25) is 4.79 Å². The van der Waals surface area contributed by atoms with Crippen molar-refractivity contribution in [1.82, 2.24) is 0 Å². The average Bonchev–Trinajstić information content (AvgIpc) is 1.62. The molecule has 0 rings (SSSR count). The minimum Gasteiger partial charge on any atom is -0.435 e. The number of ether oxygens (including phenoxy) is 1. The van der Waals surface area contributed by atoms with E-state index in [1.807, 2.05) is 0 Å². The van der Waals surface area contributed by atoms with Gasteiger partial charge in [0.1, 0.15) is 0 Å². The van der Waals surface area contributed by atoms with E-state index in [4.69, 9.17) is 15.1 Å². The molecule has 0 saturated carbocycles. The molecule has 0 aliphatic heterocycles. The van der Waals surface area contributed by atoms with Gasteiger partial charge in [0, 0.05) is 6.92 Å². The van der Waals surface area contributed by atoms with Crippen LogP contribution in [0.25, 0.3) is 0 Å². The summed E-state index contributed by atoms with van der Waals surface area (Å²) in [4.78, 5) is 9.75. The molecule has 3 N–H and O–H groups in total. The molecule has 58 valence electrons. The van der Waals surface area contributed by atoms with Crippen LogP contribution in [-0.4, -0.2) is 28.4 Å². The summed E-state index contributed by atoms with van der Waals surface area (Å²) in [7, 11) is -2.17. The largest absolute Gasteiger partial charge is 0.631 e. The van der Waals surface area contributed by atoms with Crippen molar-refractivity contribution < 1.29 is 24.6 Å². The van der Waals surface area contributed by atoms with Crippen LogP contribution in [0.5, 0.6) is 0 Å². The third kappa shape index (κ3) is 58.4. The molecule has 5 nitrogen and oxygen atoms in total. The molecule has 0 aromatic heterocycles. The van der Waals surface area contributed by atoms with Gasteiger partial charge in [0.05, 0.1) is 6.26 Å². The Labute approximate surface area is 58.7 Å². The van der Waals surface area contributed by atoms with Crippen molar-refractivity contribution in [1.29, 1.82) is 0 Å². The third-order valence-corrected chi connectivity index (χ3v) is 0.249. The second-order valence-corrected chi connectivity index (χ2v) is 1.12. The summed E-state index contributed by atoms with van der Waals surface area (Å²) in [6.07, 6.45) is 1.10. The summed E-state index contributed by atoms with van der Waals surface area (Å²) in [6, 6.07) is 0. The molecule has 0 radical (unpaired) electrons. The van der Waals surface area contributed by atoms with Crippen molar-refractivity contribution in [3.8, 4) is 0 Å². The fraction of sp³-hybridized carbons (Fsp3) is 0.250. The van der Waals surface area contributed by atoms with Crippen LogP contribution < -0.4 is 0 Å². The molecule has 6 heteroatoms. The van der Waals surface area contributed by atoms with Gasteiger partial charge in [0.2, 0.25) is 0 Å². The first-order valence-corrected chi connectivity index (χ1v) is 2.33. The van der Waals surface area contributed by atoms with Crippen molar-refractivity contribution >= 4 is 13.3 Å². The van der Waals surface area contributed by atoms with Crippen LogP contribution >= 0.6 is 0 Å². The maximum atomic E-state index is 9.75. The van der Waals surface area contributed by atoms with Crippen LogP contribution in [0.15, 0.2) is 12.8 Å². The smallest absolute Gasteiger partial charge is 0.435 e. The lowest BCUT2D eigenvalue weighted by Gasteiger charge is -1.83. The number of carbonyl (C=O) groups is 1. The summed E-state index contributed by atoms with van der Waals surface area (Å²) < 4.78 is 4.17. The van der Waals surface area contributed by atoms with Crippen molar-refractivity contribution in [3.05, 3.63) is 12.8 Å². The highest BCUT2D eigenvalue weighted by atomic mass is 16.5. The van der Waals surface area contributed by atoms with Crippen LogP contribution in [0.3, 0.4) is 0 Å². The quantitative estimate of drug-likeness (QED) is 0.243. The molecule has 0 fully saturated rings. The zero-order valence-electron chi connectivity index (χ0n) is 5.52. The zero-order chi connectivity index (χ0) is 8.57. The van der Waals surface area contributed by atoms with E-state index in [9.17, 15) is 4.79 Å². The van der Waals surface area contributed by atoms with E-state index < -0.39 is 7.32 Å². The maximum Gasteiger partial charge on any atom is 0.631 e. The Morgan fingerprint density at radius 3 is 1.90 bits per heavy atom. The van der Waals surface area contributed by atoms with Crippen molar-refractivity contribution in [2.24, 2.45) is 0 Å². The summed E-state index contributed by atoms with van der Waals surface area (Å²) >= 11 is 0. The highest BCUT2D eigenvalue weighted by Crippen LogP contribution is 1.70. The Morgan fingerprint density at radius 2 is 1.90 bits per heavy atom. The molecular formula is C4H9BO5. The van der Waals surface area contributed by atoms with Gasteiger partial charge in [-0.05, 0) is 0 Å². The van der Waals surface area contributed by atoms with Gasteiger partial charge in [-0.15, -0.1) is 0 Å². The lowest BCUT2D eigenvalue weighted by molar-refractivity contribution is -0.135. The number of hydrogen-bond acceptors (Lipinski definition) is 5. The van der Waals surface area contributed by atoms with Gasteiger partial charge < -0.3 is 19.8 Å². The van der Waals surface area contributed by atoms with Crippen LogP contribution in [0.2, 0.25) is 0 Å². The Morgan fingerprint density at radius 1 is 1.60 bits per heavy atom. The molecule has 0 unspecified atom stereocenters. The molecule has 0 amide bonds. The summed E-state index contributed by atoms with van der Waals surface area (Å²) in [5.41, 5.74) is 0. The Balaban J connectivity index is 0. The summed E-state index contributed by atoms with van der Waals surface area (Å²) in [6.45, 7) is 4.48. The van der Waals surface area contributed by atoms with Gasteiger partial charge in [-0.1, -0.05) is 6.58 Å². The van der Waals surface area contributed by atoms with Gasteiger partial charge in [-0.25, -0.2) is 0 Å². The standard InChI is InChI=1S/C4H6O2.BH3O3/c1-3-6-4(2)5;2-1(3)4/h3H,1H2,2H3;2-4H. The molecule has 0 aliphatic carbocycles. The van der Waals surface area contributed by atoms with E-state index >= 15 is 0 Å². The van der Waals surface area contributed by atoms with Gasteiger partial charge >= 0.3 is 13.3 Å². The SMILES string of the molecule is C=COC(C)=O.OB(O)O. The first kappa shape index (κ1) is 11.9. The molecule has 0 heterocycles. The van der Waals surface area contributed by atoms with E-state index in [1.165, 1.54) is 6.92 Å². The lowest BCUT2D eigenvalue weighted by atomic mass is 10.3. The molecule has 0 aromatic rings. The Hall–Kier alpha value is -0.845. The Bertz CT molecular complexity index is 99.1. The first-order chi connectivity index (χ1) is 4.50. The van der Waals surface area contributed by atoms with Gasteiger partial charge in [0.25, 0.3) is 0 Å². The lowest BCUT2D eigenvalue weighted by Crippen LogP contribution is -2.07. The van der Waals surface area contributed by atoms with Crippen molar-refractivity contribution in [2.75, 3.05) is 0 Å². The predicted molar refractivity (Wildman–Crippen MR) is 34.4 cm³/mol. The van der Waals surface area contributed by atoms with E-state index in [-0.39, 0.29) is 5.97 Å². The molecule has 0 bridgehead atoms. The molecule has 0 spiro atoms. The third-order valence-electron chi connectivity index (χ3n) is 0.249. The second kappa shape index (κ2) is 8.15. The van der Waals surface area contributed by atoms with Crippen molar-refractivity contribution in [3.63, 3.8) is 0 Å². The first-order valence-electron chi connectivity index (χ1n) is 2.33. The van der Waals surface area contributed by atoms with Gasteiger partial charge in [0.15, 0.2) is 0 Å². The van der Waals surface area contributed by atoms with Crippen LogP contribution in [0, 0.1) is 0 Å². The second-order valence-electron chi connectivity index (χ2n) is 1.12. The molecule has 10 heavy (non-hydrogen) atoms. The summed E-state index contributed by atoms with van der Waals surface area (Å²) in [5, 5.41) is 21.5. The molecule has 0 aliphatic rings. The summed E-state index contributed by atoms with van der Waals surface area (Å²) in [5.74, 6) is -0.329. The maximum absolute atomic E-state index is 9.75. The van der Waals surface area contributed by atoms with Crippen LogP contribution in [0.1, 0.15) is 6.92 Å². The molecular weight excluding hydrogens is 139 g/mol. The highest BCUT2D eigenvalue weighted by molar-refractivity contribution is 6.30. The number of carbonyl (C=O) groups excluding carboxylic acids is 1. The molecule has 0 saturated heterocycles. The Kier molecular flexibility index (Phi) is 9.70. The zero-order valence-corrected chi connectivity index (χ0v) is 5.52. The number of esters is 1. The van der Waals surface area contributed by atoms with Crippen LogP contribution in [-0.2, 0) is 9.53 Å². The molecule has 0 aromatic carbocycles. The van der Waals surface area contributed by atoms with E-state index in [1.54, 1.807) is 0 Å². The minimum absolute atomic E-state index is 0.329. The normalized spacial score (nSPS) is 6.80. The van der Waals surface area contributed by atoms with Crippen molar-refractivity contribution in [2.45, 2.75) is 6.92 Å². The van der Waals surface area contributed by atoms with E-state index in [0.29, 0.717) is 0 Å². The monoisotopic (exact) mass is 148 g/mol.